The quantitative estimate of drug-likeness (QED) is 0.796. The summed E-state index contributed by atoms with van der Waals surface area (Å²) in [7, 11) is 0. The predicted molar refractivity (Wildman–Crippen MR) is 86.1 cm³/mol. The average Bonchev–Trinajstić information content (AvgIpc) is 2.55. The van der Waals surface area contributed by atoms with Crippen molar-refractivity contribution in [3.63, 3.8) is 0 Å². The minimum atomic E-state index is -0.482. The summed E-state index contributed by atoms with van der Waals surface area (Å²) < 4.78 is 10.6. The summed E-state index contributed by atoms with van der Waals surface area (Å²) in [5.41, 5.74) is 7.26. The Morgan fingerprint density at radius 1 is 0.957 bits per heavy atom. The third kappa shape index (κ3) is 5.14. The highest BCUT2D eigenvalue weighted by Gasteiger charge is 2.06. The molecular weight excluding hydrogens is 294 g/mol. The van der Waals surface area contributed by atoms with Crippen molar-refractivity contribution >= 4 is 11.9 Å². The van der Waals surface area contributed by atoms with Gasteiger partial charge in [0.25, 0.3) is 0 Å². The van der Waals surface area contributed by atoms with E-state index in [2.05, 4.69) is 0 Å². The Balaban J connectivity index is 1.83. The van der Waals surface area contributed by atoms with E-state index in [4.69, 9.17) is 15.2 Å². The first-order valence-electron chi connectivity index (χ1n) is 7.34. The molecule has 2 aromatic carbocycles. The van der Waals surface area contributed by atoms with E-state index in [9.17, 15) is 9.59 Å². The van der Waals surface area contributed by atoms with Gasteiger partial charge in [-0.2, -0.15) is 0 Å². The lowest BCUT2D eigenvalue weighted by atomic mass is 10.1. The van der Waals surface area contributed by atoms with Gasteiger partial charge in [0.05, 0.1) is 13.0 Å². The number of carbonyl (C=O) groups excluding carboxylic acids is 2. The van der Waals surface area contributed by atoms with Crippen molar-refractivity contribution in [3.8, 4) is 5.75 Å². The number of rotatable bonds is 7. The normalized spacial score (nSPS) is 10.1. The van der Waals surface area contributed by atoms with Crippen LogP contribution in [-0.2, 0) is 22.6 Å². The van der Waals surface area contributed by atoms with E-state index in [0.717, 1.165) is 16.9 Å². The number of carbonyl (C=O) groups is 2. The van der Waals surface area contributed by atoms with Gasteiger partial charge in [-0.1, -0.05) is 24.3 Å². The van der Waals surface area contributed by atoms with Crippen LogP contribution in [0, 0.1) is 0 Å². The van der Waals surface area contributed by atoms with Gasteiger partial charge < -0.3 is 15.2 Å². The Hall–Kier alpha value is -2.82. The SMILES string of the molecule is CCOc1ccc(CC(=O)OCc2ccc(C(N)=O)cc2)cc1. The van der Waals surface area contributed by atoms with Crippen molar-refractivity contribution in [2.75, 3.05) is 6.61 Å². The summed E-state index contributed by atoms with van der Waals surface area (Å²) in [6.07, 6.45) is 0.200. The zero-order chi connectivity index (χ0) is 16.7. The second-order valence-corrected chi connectivity index (χ2v) is 4.98. The largest absolute Gasteiger partial charge is 0.494 e. The molecule has 0 spiro atoms. The molecule has 0 atom stereocenters. The lowest BCUT2D eigenvalue weighted by molar-refractivity contribution is -0.144. The topological polar surface area (TPSA) is 78.6 Å². The van der Waals surface area contributed by atoms with Crippen molar-refractivity contribution in [2.24, 2.45) is 5.73 Å². The molecule has 0 saturated heterocycles. The van der Waals surface area contributed by atoms with Gasteiger partial charge in [0.15, 0.2) is 0 Å². The van der Waals surface area contributed by atoms with E-state index in [1.165, 1.54) is 0 Å². The van der Waals surface area contributed by atoms with Crippen molar-refractivity contribution in [1.82, 2.24) is 0 Å². The summed E-state index contributed by atoms with van der Waals surface area (Å²) in [5.74, 6) is -0.0173. The van der Waals surface area contributed by atoms with Crippen LogP contribution >= 0.6 is 0 Å². The molecule has 0 fully saturated rings. The fourth-order valence-electron chi connectivity index (χ4n) is 2.02. The first kappa shape index (κ1) is 16.5. The number of ether oxygens (including phenoxy) is 2. The maximum absolute atomic E-state index is 11.8. The monoisotopic (exact) mass is 313 g/mol. The molecular formula is C18H19NO4. The average molecular weight is 313 g/mol. The van der Waals surface area contributed by atoms with Crippen LogP contribution in [0.15, 0.2) is 48.5 Å². The standard InChI is InChI=1S/C18H19NO4/c1-2-22-16-9-5-13(6-10-16)11-17(20)23-12-14-3-7-15(8-4-14)18(19)21/h3-10H,2,11-12H2,1H3,(H2,19,21). The highest BCUT2D eigenvalue weighted by Crippen LogP contribution is 2.13. The summed E-state index contributed by atoms with van der Waals surface area (Å²) in [4.78, 5) is 22.8. The van der Waals surface area contributed by atoms with Gasteiger partial charge in [0, 0.05) is 5.56 Å². The van der Waals surface area contributed by atoms with Crippen molar-refractivity contribution in [3.05, 3.63) is 65.2 Å². The molecule has 0 aliphatic rings. The lowest BCUT2D eigenvalue weighted by Gasteiger charge is -2.07. The summed E-state index contributed by atoms with van der Waals surface area (Å²) in [5, 5.41) is 0. The fourth-order valence-corrected chi connectivity index (χ4v) is 2.02. The minimum absolute atomic E-state index is 0.162. The second kappa shape index (κ2) is 7.98. The first-order chi connectivity index (χ1) is 11.1. The van der Waals surface area contributed by atoms with E-state index < -0.39 is 5.91 Å². The molecule has 5 nitrogen and oxygen atoms in total. The summed E-state index contributed by atoms with van der Waals surface area (Å²) >= 11 is 0. The molecule has 5 heteroatoms. The van der Waals surface area contributed by atoms with Crippen molar-refractivity contribution in [1.29, 1.82) is 0 Å². The Morgan fingerprint density at radius 2 is 1.57 bits per heavy atom. The number of esters is 1. The number of nitrogens with two attached hydrogens (primary N) is 1. The number of primary amides is 1. The first-order valence-corrected chi connectivity index (χ1v) is 7.34. The van der Waals surface area contributed by atoms with Gasteiger partial charge in [-0.05, 0) is 42.3 Å². The van der Waals surface area contributed by atoms with Crippen LogP contribution in [0.25, 0.3) is 0 Å². The van der Waals surface area contributed by atoms with Crippen LogP contribution in [0.2, 0.25) is 0 Å². The summed E-state index contributed by atoms with van der Waals surface area (Å²) in [6, 6.07) is 14.0. The van der Waals surface area contributed by atoms with Crippen LogP contribution in [-0.4, -0.2) is 18.5 Å². The van der Waals surface area contributed by atoms with Crippen LogP contribution in [0.3, 0.4) is 0 Å². The molecule has 2 rings (SSSR count). The van der Waals surface area contributed by atoms with E-state index in [1.54, 1.807) is 24.3 Å². The molecule has 0 saturated carbocycles. The minimum Gasteiger partial charge on any atom is -0.494 e. The highest BCUT2D eigenvalue weighted by atomic mass is 16.5. The molecule has 0 bridgehead atoms. The Morgan fingerprint density at radius 3 is 2.13 bits per heavy atom. The predicted octanol–water partition coefficient (Wildman–Crippen LogP) is 2.47. The zero-order valence-corrected chi connectivity index (χ0v) is 13.0. The third-order valence-electron chi connectivity index (χ3n) is 3.22. The maximum atomic E-state index is 11.8. The summed E-state index contributed by atoms with van der Waals surface area (Å²) in [6.45, 7) is 2.69. The van der Waals surface area contributed by atoms with Crippen LogP contribution < -0.4 is 10.5 Å². The molecule has 2 N–H and O–H groups in total. The van der Waals surface area contributed by atoms with Gasteiger partial charge in [0.1, 0.15) is 12.4 Å². The number of hydrogen-bond acceptors (Lipinski definition) is 4. The molecule has 2 aromatic rings. The highest BCUT2D eigenvalue weighted by molar-refractivity contribution is 5.92. The lowest BCUT2D eigenvalue weighted by Crippen LogP contribution is -2.11. The van der Waals surface area contributed by atoms with E-state index in [-0.39, 0.29) is 19.0 Å². The number of amides is 1. The van der Waals surface area contributed by atoms with Gasteiger partial charge in [0.2, 0.25) is 5.91 Å². The molecule has 0 aliphatic carbocycles. The number of benzene rings is 2. The Bertz CT molecular complexity index is 662. The second-order valence-electron chi connectivity index (χ2n) is 4.98. The van der Waals surface area contributed by atoms with Crippen LogP contribution in [0.4, 0.5) is 0 Å². The van der Waals surface area contributed by atoms with Gasteiger partial charge >= 0.3 is 5.97 Å². The molecule has 0 radical (unpaired) electrons. The molecule has 0 aliphatic heterocycles. The zero-order valence-electron chi connectivity index (χ0n) is 13.0. The molecule has 1 amide bonds. The smallest absolute Gasteiger partial charge is 0.310 e. The van der Waals surface area contributed by atoms with E-state index in [1.807, 2.05) is 31.2 Å². The molecule has 23 heavy (non-hydrogen) atoms. The van der Waals surface area contributed by atoms with E-state index >= 15 is 0 Å². The van der Waals surface area contributed by atoms with Crippen LogP contribution in [0.5, 0.6) is 5.75 Å². The number of hydrogen-bond donors (Lipinski definition) is 1. The Labute approximate surface area is 135 Å². The van der Waals surface area contributed by atoms with Crippen molar-refractivity contribution in [2.45, 2.75) is 20.0 Å². The maximum Gasteiger partial charge on any atom is 0.310 e. The van der Waals surface area contributed by atoms with Gasteiger partial charge in [-0.3, -0.25) is 9.59 Å². The van der Waals surface area contributed by atoms with Gasteiger partial charge in [-0.15, -0.1) is 0 Å². The van der Waals surface area contributed by atoms with E-state index in [0.29, 0.717) is 12.2 Å². The molecule has 120 valence electrons. The Kier molecular flexibility index (Phi) is 5.74. The van der Waals surface area contributed by atoms with Gasteiger partial charge in [-0.25, -0.2) is 0 Å². The van der Waals surface area contributed by atoms with Crippen molar-refractivity contribution < 1.29 is 19.1 Å². The molecule has 0 aromatic heterocycles. The molecule has 0 unspecified atom stereocenters. The fraction of sp³-hybridized carbons (Fsp3) is 0.222. The third-order valence-corrected chi connectivity index (χ3v) is 3.22. The molecule has 0 heterocycles. The van der Waals surface area contributed by atoms with Crippen LogP contribution in [0.1, 0.15) is 28.4 Å².